The SMILES string of the molecule is CCCC1(CC(=O)N2CCN(Cc3ccc4c(c3)OOC4)CC2)C(=O)Oc2ccccc21.Cl. The zero-order valence-electron chi connectivity index (χ0n) is 18.7. The van der Waals surface area contributed by atoms with Crippen LogP contribution in [0.5, 0.6) is 11.5 Å². The number of carbonyl (C=O) groups is 2. The number of benzene rings is 2. The first-order chi connectivity index (χ1) is 15.6. The number of esters is 1. The van der Waals surface area contributed by atoms with Gasteiger partial charge in [-0.2, -0.15) is 4.89 Å². The molecule has 0 bridgehead atoms. The van der Waals surface area contributed by atoms with E-state index in [0.29, 0.717) is 31.9 Å². The lowest BCUT2D eigenvalue weighted by atomic mass is 9.75. The molecule has 0 aliphatic carbocycles. The minimum atomic E-state index is -0.869. The molecule has 1 fully saturated rings. The summed E-state index contributed by atoms with van der Waals surface area (Å²) in [6, 6.07) is 13.7. The maximum atomic E-state index is 13.3. The number of amides is 1. The molecule has 3 heterocycles. The molecular formula is C25H29ClN2O5. The van der Waals surface area contributed by atoms with Crippen molar-refractivity contribution in [2.75, 3.05) is 26.2 Å². The smallest absolute Gasteiger partial charge is 0.322 e. The van der Waals surface area contributed by atoms with Crippen molar-refractivity contribution in [2.24, 2.45) is 0 Å². The third kappa shape index (κ3) is 4.45. The molecule has 176 valence electrons. The van der Waals surface area contributed by atoms with Gasteiger partial charge in [0.25, 0.3) is 0 Å². The summed E-state index contributed by atoms with van der Waals surface area (Å²) in [5, 5.41) is 0. The number of nitrogens with zero attached hydrogens (tertiary/aromatic N) is 2. The molecule has 0 radical (unpaired) electrons. The van der Waals surface area contributed by atoms with Crippen molar-refractivity contribution in [1.29, 1.82) is 0 Å². The molecule has 0 N–H and O–H groups in total. The highest BCUT2D eigenvalue weighted by Crippen LogP contribution is 2.45. The molecule has 0 spiro atoms. The zero-order chi connectivity index (χ0) is 22.1. The van der Waals surface area contributed by atoms with Crippen LogP contribution in [-0.4, -0.2) is 47.9 Å². The quantitative estimate of drug-likeness (QED) is 0.363. The van der Waals surface area contributed by atoms with Crippen LogP contribution in [0.3, 0.4) is 0 Å². The van der Waals surface area contributed by atoms with Crippen LogP contribution in [0.2, 0.25) is 0 Å². The molecule has 3 aliphatic heterocycles. The molecule has 0 aromatic heterocycles. The summed E-state index contributed by atoms with van der Waals surface area (Å²) in [7, 11) is 0. The van der Waals surface area contributed by atoms with Crippen molar-refractivity contribution < 1.29 is 24.1 Å². The van der Waals surface area contributed by atoms with E-state index >= 15 is 0 Å². The van der Waals surface area contributed by atoms with Crippen LogP contribution < -0.4 is 9.62 Å². The van der Waals surface area contributed by atoms with Crippen molar-refractivity contribution >= 4 is 24.3 Å². The van der Waals surface area contributed by atoms with E-state index in [-0.39, 0.29) is 30.7 Å². The highest BCUT2D eigenvalue weighted by molar-refractivity contribution is 5.95. The van der Waals surface area contributed by atoms with Gasteiger partial charge in [0.15, 0.2) is 5.75 Å². The molecular weight excluding hydrogens is 444 g/mol. The van der Waals surface area contributed by atoms with E-state index in [1.165, 1.54) is 5.56 Å². The first kappa shape index (κ1) is 23.5. The minimum Gasteiger partial charge on any atom is -0.426 e. The standard InChI is InChI=1S/C25H28N2O5.ClH/c1-2-9-25(20-5-3-4-6-21(20)31-24(25)29)15-23(28)27-12-10-26(11-13-27)16-18-7-8-19-17-30-32-22(19)14-18;/h3-8,14H,2,9-13,15-17H2,1H3;1H. The first-order valence-electron chi connectivity index (χ1n) is 11.3. The maximum absolute atomic E-state index is 13.3. The molecule has 33 heavy (non-hydrogen) atoms. The van der Waals surface area contributed by atoms with E-state index in [2.05, 4.69) is 11.0 Å². The highest BCUT2D eigenvalue weighted by Gasteiger charge is 2.50. The number of rotatable bonds is 6. The van der Waals surface area contributed by atoms with Gasteiger partial charge in [-0.1, -0.05) is 43.7 Å². The summed E-state index contributed by atoms with van der Waals surface area (Å²) in [5.41, 5.74) is 2.21. The van der Waals surface area contributed by atoms with Crippen LogP contribution in [0.4, 0.5) is 0 Å². The lowest BCUT2D eigenvalue weighted by Gasteiger charge is -2.36. The third-order valence-corrected chi connectivity index (χ3v) is 6.75. The number of fused-ring (bicyclic) bond motifs is 2. The van der Waals surface area contributed by atoms with Crippen molar-refractivity contribution in [2.45, 2.75) is 44.8 Å². The van der Waals surface area contributed by atoms with Crippen LogP contribution in [0.15, 0.2) is 42.5 Å². The third-order valence-electron chi connectivity index (χ3n) is 6.75. The highest BCUT2D eigenvalue weighted by atomic mass is 35.5. The lowest BCUT2D eigenvalue weighted by molar-refractivity contribution is -0.194. The zero-order valence-corrected chi connectivity index (χ0v) is 19.6. The fraction of sp³-hybridized carbons (Fsp3) is 0.440. The second-order valence-electron chi connectivity index (χ2n) is 8.84. The Morgan fingerprint density at radius 1 is 1.06 bits per heavy atom. The molecule has 3 aliphatic rings. The summed E-state index contributed by atoms with van der Waals surface area (Å²) in [6.45, 7) is 6.23. The number of halogens is 1. The predicted octanol–water partition coefficient (Wildman–Crippen LogP) is 3.62. The fourth-order valence-corrected chi connectivity index (χ4v) is 5.01. The lowest BCUT2D eigenvalue weighted by Crippen LogP contribution is -2.50. The average Bonchev–Trinajstić information content (AvgIpc) is 3.37. The van der Waals surface area contributed by atoms with Gasteiger partial charge < -0.3 is 14.5 Å². The van der Waals surface area contributed by atoms with E-state index in [4.69, 9.17) is 14.5 Å². The molecule has 5 rings (SSSR count). The summed E-state index contributed by atoms with van der Waals surface area (Å²) in [4.78, 5) is 40.6. The van der Waals surface area contributed by atoms with Gasteiger partial charge in [-0.3, -0.25) is 14.5 Å². The Kier molecular flexibility index (Phi) is 6.93. The molecule has 1 atom stereocenters. The molecule has 8 heteroatoms. The largest absolute Gasteiger partial charge is 0.426 e. The minimum absolute atomic E-state index is 0. The van der Waals surface area contributed by atoms with Gasteiger partial charge in [0.2, 0.25) is 5.91 Å². The van der Waals surface area contributed by atoms with Crippen molar-refractivity contribution in [3.63, 3.8) is 0 Å². The van der Waals surface area contributed by atoms with Crippen LogP contribution in [0.1, 0.15) is 42.9 Å². The van der Waals surface area contributed by atoms with E-state index < -0.39 is 5.41 Å². The summed E-state index contributed by atoms with van der Waals surface area (Å²) in [6.07, 6.45) is 1.58. The predicted molar refractivity (Wildman–Crippen MR) is 124 cm³/mol. The monoisotopic (exact) mass is 472 g/mol. The van der Waals surface area contributed by atoms with Crippen LogP contribution in [0, 0.1) is 0 Å². The summed E-state index contributed by atoms with van der Waals surface area (Å²) in [5.74, 6) is 1.11. The van der Waals surface area contributed by atoms with Gasteiger partial charge in [0, 0.05) is 50.3 Å². The summed E-state index contributed by atoms with van der Waals surface area (Å²) >= 11 is 0. The van der Waals surface area contributed by atoms with Crippen molar-refractivity contribution in [3.05, 3.63) is 59.2 Å². The van der Waals surface area contributed by atoms with E-state index in [9.17, 15) is 9.59 Å². The Bertz CT molecular complexity index is 1040. The Morgan fingerprint density at radius 2 is 1.85 bits per heavy atom. The summed E-state index contributed by atoms with van der Waals surface area (Å²) < 4.78 is 5.54. The van der Waals surface area contributed by atoms with Crippen molar-refractivity contribution in [3.8, 4) is 11.5 Å². The Morgan fingerprint density at radius 3 is 2.64 bits per heavy atom. The van der Waals surface area contributed by atoms with Gasteiger partial charge >= 0.3 is 5.97 Å². The van der Waals surface area contributed by atoms with Gasteiger partial charge in [-0.15, -0.1) is 12.4 Å². The van der Waals surface area contributed by atoms with Crippen molar-refractivity contribution in [1.82, 2.24) is 9.80 Å². The number of hydrogen-bond donors (Lipinski definition) is 0. The molecule has 2 aromatic rings. The first-order valence-corrected chi connectivity index (χ1v) is 11.3. The van der Waals surface area contributed by atoms with Gasteiger partial charge in [0.1, 0.15) is 17.8 Å². The second kappa shape index (κ2) is 9.71. The Labute approximate surface area is 199 Å². The molecule has 2 aromatic carbocycles. The fourth-order valence-electron chi connectivity index (χ4n) is 5.01. The number of piperazine rings is 1. The van der Waals surface area contributed by atoms with Crippen LogP contribution in [0.25, 0.3) is 0 Å². The molecule has 0 saturated carbocycles. The van der Waals surface area contributed by atoms with Gasteiger partial charge in [-0.05, 0) is 24.1 Å². The topological polar surface area (TPSA) is 68.3 Å². The molecule has 1 amide bonds. The normalized spacial score (nSPS) is 21.6. The average molecular weight is 473 g/mol. The molecule has 1 unspecified atom stereocenters. The van der Waals surface area contributed by atoms with E-state index in [1.807, 2.05) is 48.2 Å². The van der Waals surface area contributed by atoms with E-state index in [1.54, 1.807) is 0 Å². The maximum Gasteiger partial charge on any atom is 0.322 e. The number of ether oxygens (including phenoxy) is 1. The van der Waals surface area contributed by atoms with Gasteiger partial charge in [-0.25, -0.2) is 0 Å². The Hall–Kier alpha value is -2.61. The number of carbonyl (C=O) groups excluding carboxylic acids is 2. The van der Waals surface area contributed by atoms with Crippen LogP contribution in [-0.2, 0) is 33.0 Å². The van der Waals surface area contributed by atoms with Crippen LogP contribution >= 0.6 is 12.4 Å². The second-order valence-corrected chi connectivity index (χ2v) is 8.84. The molecule has 1 saturated heterocycles. The van der Waals surface area contributed by atoms with Gasteiger partial charge in [0.05, 0.1) is 0 Å². The number of para-hydroxylation sites is 1. The Balaban J connectivity index is 0.00000259. The van der Waals surface area contributed by atoms with E-state index in [0.717, 1.165) is 42.9 Å². The molecule has 7 nitrogen and oxygen atoms in total. The number of hydrogen-bond acceptors (Lipinski definition) is 6.